The van der Waals surface area contributed by atoms with Crippen LogP contribution in [0.15, 0.2) is 57.4 Å². The average molecular weight is 452 g/mol. The molecule has 8 heteroatoms. The second-order valence-electron chi connectivity index (χ2n) is 7.29. The number of nitrogens with one attached hydrogen (secondary N) is 1. The fourth-order valence-corrected chi connectivity index (χ4v) is 5.66. The van der Waals surface area contributed by atoms with E-state index in [0.29, 0.717) is 28.5 Å². The Hall–Kier alpha value is -2.89. The molecule has 1 amide bonds. The molecule has 2 heterocycles. The van der Waals surface area contributed by atoms with Crippen molar-refractivity contribution in [3.05, 3.63) is 57.3 Å². The second kappa shape index (κ2) is 9.50. The number of ketones is 1. The number of Topliss-reactive ketones (excluding diaryl/α,β-unsaturated/α-hetero) is 1. The van der Waals surface area contributed by atoms with Crippen LogP contribution >= 0.6 is 23.1 Å². The van der Waals surface area contributed by atoms with Crippen LogP contribution in [-0.2, 0) is 9.59 Å². The number of benzene rings is 1. The van der Waals surface area contributed by atoms with Gasteiger partial charge in [0.05, 0.1) is 30.4 Å². The highest BCUT2D eigenvalue weighted by Gasteiger charge is 2.42. The van der Waals surface area contributed by atoms with Crippen LogP contribution in [-0.4, -0.2) is 30.3 Å². The number of allylic oxidation sites excluding steroid dienone is 1. The van der Waals surface area contributed by atoms with E-state index in [1.165, 1.54) is 11.8 Å². The molecule has 6 nitrogen and oxygen atoms in total. The maximum atomic E-state index is 12.7. The highest BCUT2D eigenvalue weighted by molar-refractivity contribution is 8.03. The number of methoxy groups -OCH3 is 1. The quantitative estimate of drug-likeness (QED) is 0.683. The number of amides is 1. The Balaban J connectivity index is 1.54. The zero-order valence-electron chi connectivity index (χ0n) is 17.0. The van der Waals surface area contributed by atoms with E-state index in [0.717, 1.165) is 23.4 Å². The molecule has 158 valence electrons. The van der Waals surface area contributed by atoms with Gasteiger partial charge in [-0.3, -0.25) is 9.59 Å². The van der Waals surface area contributed by atoms with Gasteiger partial charge in [-0.15, -0.1) is 11.3 Å². The molecule has 0 unspecified atom stereocenters. The van der Waals surface area contributed by atoms with Gasteiger partial charge in [-0.05, 0) is 48.6 Å². The maximum Gasteiger partial charge on any atom is 0.234 e. The van der Waals surface area contributed by atoms with Crippen LogP contribution in [0, 0.1) is 17.2 Å². The number of carbonyl (C=O) groups is 2. The summed E-state index contributed by atoms with van der Waals surface area (Å²) in [5.74, 6) is 0.133. The number of thioether (sulfide) groups is 1. The van der Waals surface area contributed by atoms with E-state index in [9.17, 15) is 14.9 Å². The lowest BCUT2D eigenvalue weighted by molar-refractivity contribution is -0.122. The van der Waals surface area contributed by atoms with E-state index in [4.69, 9.17) is 9.73 Å². The molecule has 0 spiro atoms. The zero-order valence-corrected chi connectivity index (χ0v) is 18.6. The minimum Gasteiger partial charge on any atom is -0.497 e. The SMILES string of the molecule is COc1ccc(NC(=O)CSC2=C(C#N)[C@H](c3cccs3)[C@H]3C(=O)CCCC3=N2)cc1. The van der Waals surface area contributed by atoms with Crippen LogP contribution in [0.4, 0.5) is 5.69 Å². The maximum absolute atomic E-state index is 12.7. The van der Waals surface area contributed by atoms with E-state index in [1.807, 2.05) is 17.5 Å². The minimum absolute atomic E-state index is 0.124. The molecule has 1 aromatic carbocycles. The van der Waals surface area contributed by atoms with Gasteiger partial charge >= 0.3 is 0 Å². The number of hydrogen-bond acceptors (Lipinski definition) is 7. The van der Waals surface area contributed by atoms with Gasteiger partial charge in [0.2, 0.25) is 5.91 Å². The Bertz CT molecular complexity index is 1080. The smallest absolute Gasteiger partial charge is 0.234 e. The Labute approximate surface area is 189 Å². The van der Waals surface area contributed by atoms with E-state index < -0.39 is 0 Å². The van der Waals surface area contributed by atoms with Crippen LogP contribution in [0.1, 0.15) is 30.1 Å². The molecule has 2 aromatic rings. The van der Waals surface area contributed by atoms with Crippen molar-refractivity contribution in [1.82, 2.24) is 0 Å². The molecular weight excluding hydrogens is 430 g/mol. The van der Waals surface area contributed by atoms with Crippen LogP contribution in [0.2, 0.25) is 0 Å². The molecule has 1 aliphatic carbocycles. The Morgan fingerprint density at radius 1 is 1.29 bits per heavy atom. The number of ether oxygens (including phenoxy) is 1. The molecule has 1 saturated carbocycles. The molecule has 4 rings (SSSR count). The number of carbonyl (C=O) groups excluding carboxylic acids is 2. The van der Waals surface area contributed by atoms with Gasteiger partial charge in [-0.25, -0.2) is 4.99 Å². The van der Waals surface area contributed by atoms with Crippen molar-refractivity contribution in [2.45, 2.75) is 25.2 Å². The Morgan fingerprint density at radius 2 is 2.10 bits per heavy atom. The molecule has 1 aliphatic heterocycles. The standard InChI is InChI=1S/C23H21N3O3S2/c1-29-15-9-7-14(8-10-15)25-20(28)13-31-23-16(12-24)21(19-6-3-11-30-19)22-17(26-23)4-2-5-18(22)27/h3,6-11,21-22H,2,4-5,13H2,1H3,(H,25,28)/t21-,22-/m1/s1. The number of thiophene rings is 1. The number of anilines is 1. The van der Waals surface area contributed by atoms with Gasteiger partial charge in [0.25, 0.3) is 0 Å². The highest BCUT2D eigenvalue weighted by Crippen LogP contribution is 2.46. The lowest BCUT2D eigenvalue weighted by atomic mass is 9.73. The summed E-state index contributed by atoms with van der Waals surface area (Å²) < 4.78 is 5.13. The van der Waals surface area contributed by atoms with Gasteiger partial charge in [0.1, 0.15) is 16.6 Å². The monoisotopic (exact) mass is 451 g/mol. The number of nitriles is 1. The van der Waals surface area contributed by atoms with Crippen molar-refractivity contribution in [2.24, 2.45) is 10.9 Å². The van der Waals surface area contributed by atoms with Gasteiger partial charge in [-0.1, -0.05) is 17.8 Å². The molecule has 0 radical (unpaired) electrons. The molecular formula is C23H21N3O3S2. The summed E-state index contributed by atoms with van der Waals surface area (Å²) in [5, 5.41) is 15.3. The first-order valence-electron chi connectivity index (χ1n) is 9.95. The predicted molar refractivity (Wildman–Crippen MR) is 124 cm³/mol. The fraction of sp³-hybridized carbons (Fsp3) is 0.304. The van der Waals surface area contributed by atoms with Crippen LogP contribution in [0.3, 0.4) is 0 Å². The summed E-state index contributed by atoms with van der Waals surface area (Å²) in [6.07, 6.45) is 2.05. The molecule has 0 bridgehead atoms. The third-order valence-electron chi connectivity index (χ3n) is 5.37. The lowest BCUT2D eigenvalue weighted by Gasteiger charge is -2.33. The summed E-state index contributed by atoms with van der Waals surface area (Å²) in [6, 6.07) is 13.3. The summed E-state index contributed by atoms with van der Waals surface area (Å²) in [5.41, 5.74) is 1.99. The largest absolute Gasteiger partial charge is 0.497 e. The van der Waals surface area contributed by atoms with Crippen molar-refractivity contribution >= 4 is 46.2 Å². The van der Waals surface area contributed by atoms with Crippen molar-refractivity contribution in [3.63, 3.8) is 0 Å². The first kappa shape index (κ1) is 21.3. The summed E-state index contributed by atoms with van der Waals surface area (Å²) in [6.45, 7) is 0. The molecule has 1 fully saturated rings. The van der Waals surface area contributed by atoms with Gasteiger partial charge in [0.15, 0.2) is 0 Å². The van der Waals surface area contributed by atoms with Crippen molar-refractivity contribution in [2.75, 3.05) is 18.2 Å². The molecule has 31 heavy (non-hydrogen) atoms. The normalized spacial score (nSPS) is 20.5. The summed E-state index contributed by atoms with van der Waals surface area (Å²) in [4.78, 5) is 30.9. The van der Waals surface area contributed by atoms with E-state index in [-0.39, 0.29) is 29.3 Å². The molecule has 1 N–H and O–H groups in total. The topological polar surface area (TPSA) is 91.5 Å². The summed E-state index contributed by atoms with van der Waals surface area (Å²) >= 11 is 2.80. The van der Waals surface area contributed by atoms with E-state index in [1.54, 1.807) is 42.7 Å². The fourth-order valence-electron chi connectivity index (χ4n) is 3.94. The molecule has 0 saturated heterocycles. The number of aliphatic imine (C=N–C) groups is 1. The van der Waals surface area contributed by atoms with E-state index >= 15 is 0 Å². The first-order chi connectivity index (χ1) is 15.1. The van der Waals surface area contributed by atoms with Crippen LogP contribution in [0.25, 0.3) is 0 Å². The Kier molecular flexibility index (Phi) is 6.54. The third-order valence-corrected chi connectivity index (χ3v) is 7.31. The van der Waals surface area contributed by atoms with Crippen LogP contribution < -0.4 is 10.1 Å². The predicted octanol–water partition coefficient (Wildman–Crippen LogP) is 4.77. The molecule has 2 aliphatic rings. The first-order valence-corrected chi connectivity index (χ1v) is 11.8. The number of hydrogen-bond donors (Lipinski definition) is 1. The highest BCUT2D eigenvalue weighted by atomic mass is 32.2. The average Bonchev–Trinajstić information content (AvgIpc) is 3.32. The number of fused-ring (bicyclic) bond motifs is 1. The minimum atomic E-state index is -0.362. The summed E-state index contributed by atoms with van der Waals surface area (Å²) in [7, 11) is 1.59. The lowest BCUT2D eigenvalue weighted by Crippen LogP contribution is -2.36. The van der Waals surface area contributed by atoms with Crippen molar-refractivity contribution < 1.29 is 14.3 Å². The van der Waals surface area contributed by atoms with Gasteiger partial charge in [-0.2, -0.15) is 5.26 Å². The molecule has 1 aromatic heterocycles. The Morgan fingerprint density at radius 3 is 2.77 bits per heavy atom. The second-order valence-corrected chi connectivity index (χ2v) is 9.23. The van der Waals surface area contributed by atoms with E-state index in [2.05, 4.69) is 11.4 Å². The third kappa shape index (κ3) is 4.58. The van der Waals surface area contributed by atoms with Gasteiger partial charge < -0.3 is 10.1 Å². The zero-order chi connectivity index (χ0) is 21.8. The number of nitrogens with zero attached hydrogens (tertiary/aromatic N) is 2. The molecule has 2 atom stereocenters. The van der Waals surface area contributed by atoms with Gasteiger partial charge in [0, 0.05) is 28.6 Å². The number of rotatable bonds is 6. The van der Waals surface area contributed by atoms with Crippen molar-refractivity contribution in [3.8, 4) is 11.8 Å². The van der Waals surface area contributed by atoms with Crippen LogP contribution in [0.5, 0.6) is 5.75 Å². The van der Waals surface area contributed by atoms with Crippen molar-refractivity contribution in [1.29, 1.82) is 5.26 Å².